The second-order valence-electron chi connectivity index (χ2n) is 3.54. The minimum Gasteiger partial charge on any atom is -0.411 e. The number of hydrogen-bond acceptors (Lipinski definition) is 2. The molecule has 0 spiro atoms. The Balaban J connectivity index is 2.67. The SMILES string of the molecule is CCC(Cc1ccccc1)/C(C)=N/O. The normalized spacial score (nSPS) is 14.0. The summed E-state index contributed by atoms with van der Waals surface area (Å²) in [6.45, 7) is 3.99. The molecule has 0 aliphatic heterocycles. The van der Waals surface area contributed by atoms with E-state index in [2.05, 4.69) is 24.2 Å². The summed E-state index contributed by atoms with van der Waals surface area (Å²) in [5.41, 5.74) is 2.11. The van der Waals surface area contributed by atoms with Crippen molar-refractivity contribution in [2.45, 2.75) is 26.7 Å². The third-order valence-corrected chi connectivity index (χ3v) is 2.57. The van der Waals surface area contributed by atoms with Crippen molar-refractivity contribution in [2.24, 2.45) is 11.1 Å². The molecule has 0 saturated heterocycles. The summed E-state index contributed by atoms with van der Waals surface area (Å²) in [5, 5.41) is 12.0. The van der Waals surface area contributed by atoms with Gasteiger partial charge in [0, 0.05) is 5.92 Å². The van der Waals surface area contributed by atoms with Crippen molar-refractivity contribution < 1.29 is 5.21 Å². The lowest BCUT2D eigenvalue weighted by molar-refractivity contribution is 0.314. The summed E-state index contributed by atoms with van der Waals surface area (Å²) < 4.78 is 0. The molecule has 2 nitrogen and oxygen atoms in total. The molecule has 1 aromatic rings. The van der Waals surface area contributed by atoms with Crippen molar-refractivity contribution in [1.82, 2.24) is 0 Å². The number of nitrogens with zero attached hydrogens (tertiary/aromatic N) is 1. The summed E-state index contributed by atoms with van der Waals surface area (Å²) in [7, 11) is 0. The standard InChI is InChI=1S/C12H17NO/c1-3-12(10(2)13-14)9-11-7-5-4-6-8-11/h4-8,12,14H,3,9H2,1-2H3/b13-10+. The highest BCUT2D eigenvalue weighted by Crippen LogP contribution is 2.13. The Bertz CT molecular complexity index is 292. The Hall–Kier alpha value is -1.31. The van der Waals surface area contributed by atoms with Gasteiger partial charge in [0.2, 0.25) is 0 Å². The lowest BCUT2D eigenvalue weighted by Gasteiger charge is -2.12. The lowest BCUT2D eigenvalue weighted by Crippen LogP contribution is -2.13. The molecule has 1 unspecified atom stereocenters. The van der Waals surface area contributed by atoms with E-state index in [9.17, 15) is 0 Å². The molecule has 0 amide bonds. The highest BCUT2D eigenvalue weighted by atomic mass is 16.4. The van der Waals surface area contributed by atoms with Crippen LogP contribution in [0.15, 0.2) is 35.5 Å². The third-order valence-electron chi connectivity index (χ3n) is 2.57. The monoisotopic (exact) mass is 191 g/mol. The molecule has 0 bridgehead atoms. The maximum atomic E-state index is 8.70. The Labute approximate surface area is 85.3 Å². The van der Waals surface area contributed by atoms with E-state index in [0.717, 1.165) is 18.6 Å². The molecule has 1 aromatic carbocycles. The van der Waals surface area contributed by atoms with Crippen LogP contribution in [0.1, 0.15) is 25.8 Å². The van der Waals surface area contributed by atoms with Crippen molar-refractivity contribution in [3.63, 3.8) is 0 Å². The minimum atomic E-state index is 0.349. The van der Waals surface area contributed by atoms with E-state index < -0.39 is 0 Å². The van der Waals surface area contributed by atoms with E-state index in [1.807, 2.05) is 25.1 Å². The highest BCUT2D eigenvalue weighted by Gasteiger charge is 2.10. The molecule has 0 saturated carbocycles. The van der Waals surface area contributed by atoms with Gasteiger partial charge in [-0.2, -0.15) is 0 Å². The molecule has 76 valence electrons. The molecule has 1 N–H and O–H groups in total. The first-order valence-corrected chi connectivity index (χ1v) is 5.00. The maximum absolute atomic E-state index is 8.70. The Morgan fingerprint density at radius 3 is 2.50 bits per heavy atom. The molecule has 0 heterocycles. The number of hydrogen-bond donors (Lipinski definition) is 1. The van der Waals surface area contributed by atoms with Crippen LogP contribution in [0.3, 0.4) is 0 Å². The van der Waals surface area contributed by atoms with Gasteiger partial charge in [-0.25, -0.2) is 0 Å². The van der Waals surface area contributed by atoms with Gasteiger partial charge < -0.3 is 5.21 Å². The van der Waals surface area contributed by atoms with E-state index in [1.165, 1.54) is 5.56 Å². The molecule has 0 aliphatic rings. The van der Waals surface area contributed by atoms with Crippen LogP contribution in [0.2, 0.25) is 0 Å². The molecule has 0 aromatic heterocycles. The second kappa shape index (κ2) is 5.43. The van der Waals surface area contributed by atoms with Crippen molar-refractivity contribution in [3.8, 4) is 0 Å². The first kappa shape index (κ1) is 10.8. The first-order chi connectivity index (χ1) is 6.77. The zero-order valence-corrected chi connectivity index (χ0v) is 8.77. The molecule has 0 fully saturated rings. The Morgan fingerprint density at radius 2 is 2.00 bits per heavy atom. The van der Waals surface area contributed by atoms with Gasteiger partial charge in [-0.3, -0.25) is 0 Å². The van der Waals surface area contributed by atoms with E-state index >= 15 is 0 Å². The lowest BCUT2D eigenvalue weighted by atomic mass is 9.93. The van der Waals surface area contributed by atoms with E-state index in [4.69, 9.17) is 5.21 Å². The molecule has 1 rings (SSSR count). The zero-order valence-electron chi connectivity index (χ0n) is 8.77. The second-order valence-corrected chi connectivity index (χ2v) is 3.54. The van der Waals surface area contributed by atoms with Gasteiger partial charge in [0.05, 0.1) is 5.71 Å². The predicted octanol–water partition coefficient (Wildman–Crippen LogP) is 3.11. The number of benzene rings is 1. The summed E-state index contributed by atoms with van der Waals surface area (Å²) in [6.07, 6.45) is 1.96. The molecular formula is C12H17NO. The van der Waals surface area contributed by atoms with Crippen LogP contribution in [0, 0.1) is 5.92 Å². The summed E-state index contributed by atoms with van der Waals surface area (Å²) in [4.78, 5) is 0. The molecule has 2 heteroatoms. The number of oxime groups is 1. The summed E-state index contributed by atoms with van der Waals surface area (Å²) in [6, 6.07) is 10.3. The van der Waals surface area contributed by atoms with Crippen LogP contribution in [0.4, 0.5) is 0 Å². The quantitative estimate of drug-likeness (QED) is 0.442. The van der Waals surface area contributed by atoms with Gasteiger partial charge >= 0.3 is 0 Å². The van der Waals surface area contributed by atoms with Crippen LogP contribution in [0.5, 0.6) is 0 Å². The van der Waals surface area contributed by atoms with Gasteiger partial charge in [0.1, 0.15) is 0 Å². The highest BCUT2D eigenvalue weighted by molar-refractivity contribution is 5.83. The maximum Gasteiger partial charge on any atom is 0.0574 e. The van der Waals surface area contributed by atoms with Crippen molar-refractivity contribution in [3.05, 3.63) is 35.9 Å². The zero-order chi connectivity index (χ0) is 10.4. The molecule has 14 heavy (non-hydrogen) atoms. The summed E-state index contributed by atoms with van der Waals surface area (Å²) >= 11 is 0. The Morgan fingerprint density at radius 1 is 1.36 bits per heavy atom. The average Bonchev–Trinajstić information content (AvgIpc) is 2.26. The van der Waals surface area contributed by atoms with E-state index in [0.29, 0.717) is 5.92 Å². The van der Waals surface area contributed by atoms with E-state index in [-0.39, 0.29) is 0 Å². The third kappa shape index (κ3) is 2.87. The summed E-state index contributed by atoms with van der Waals surface area (Å²) in [5.74, 6) is 0.349. The van der Waals surface area contributed by atoms with Crippen LogP contribution in [-0.4, -0.2) is 10.9 Å². The average molecular weight is 191 g/mol. The van der Waals surface area contributed by atoms with Crippen LogP contribution in [-0.2, 0) is 6.42 Å². The smallest absolute Gasteiger partial charge is 0.0574 e. The van der Waals surface area contributed by atoms with Gasteiger partial charge in [-0.15, -0.1) is 0 Å². The predicted molar refractivity (Wildman–Crippen MR) is 58.8 cm³/mol. The molecular weight excluding hydrogens is 174 g/mol. The van der Waals surface area contributed by atoms with Crippen LogP contribution >= 0.6 is 0 Å². The van der Waals surface area contributed by atoms with Crippen molar-refractivity contribution in [1.29, 1.82) is 0 Å². The number of rotatable bonds is 4. The van der Waals surface area contributed by atoms with Crippen LogP contribution in [0.25, 0.3) is 0 Å². The van der Waals surface area contributed by atoms with Gasteiger partial charge in [0.15, 0.2) is 0 Å². The largest absolute Gasteiger partial charge is 0.411 e. The van der Waals surface area contributed by atoms with Crippen molar-refractivity contribution >= 4 is 5.71 Å². The fourth-order valence-corrected chi connectivity index (χ4v) is 1.57. The topological polar surface area (TPSA) is 32.6 Å². The van der Waals surface area contributed by atoms with Gasteiger partial charge in [-0.1, -0.05) is 42.4 Å². The van der Waals surface area contributed by atoms with Crippen molar-refractivity contribution in [2.75, 3.05) is 0 Å². The van der Waals surface area contributed by atoms with Gasteiger partial charge in [-0.05, 0) is 25.3 Å². The molecule has 0 radical (unpaired) electrons. The van der Waals surface area contributed by atoms with Crippen LogP contribution < -0.4 is 0 Å². The minimum absolute atomic E-state index is 0.349. The van der Waals surface area contributed by atoms with E-state index in [1.54, 1.807) is 0 Å². The fourth-order valence-electron chi connectivity index (χ4n) is 1.57. The fraction of sp³-hybridized carbons (Fsp3) is 0.417. The Kier molecular flexibility index (Phi) is 4.17. The first-order valence-electron chi connectivity index (χ1n) is 5.00. The molecule has 0 aliphatic carbocycles. The molecule has 1 atom stereocenters. The van der Waals surface area contributed by atoms with Gasteiger partial charge in [0.25, 0.3) is 0 Å².